The van der Waals surface area contributed by atoms with Crippen molar-refractivity contribution in [1.82, 2.24) is 19.3 Å². The molecule has 0 unspecified atom stereocenters. The molecule has 3 aliphatic heterocycles. The zero-order valence-electron chi connectivity index (χ0n) is 22.4. The normalized spacial score (nSPS) is 18.4. The van der Waals surface area contributed by atoms with Crippen LogP contribution in [0.4, 0.5) is 22.7 Å². The Labute approximate surface area is 221 Å². The minimum Gasteiger partial charge on any atom is -0.380 e. The summed E-state index contributed by atoms with van der Waals surface area (Å²) in [6.45, 7) is 7.30. The number of hydrogen-bond acceptors (Lipinski definition) is 7. The van der Waals surface area contributed by atoms with Crippen LogP contribution >= 0.6 is 0 Å². The average molecular weight is 512 g/mol. The zero-order chi connectivity index (χ0) is 26.2. The fourth-order valence-corrected chi connectivity index (χ4v) is 6.28. The summed E-state index contributed by atoms with van der Waals surface area (Å²) in [5.74, 6) is 0. The summed E-state index contributed by atoms with van der Waals surface area (Å²) in [5, 5.41) is 5.41. The Hall–Kier alpha value is -3.85. The van der Waals surface area contributed by atoms with Crippen molar-refractivity contribution in [2.45, 2.75) is 13.3 Å². The Morgan fingerprint density at radius 1 is 0.947 bits per heavy atom. The van der Waals surface area contributed by atoms with Crippen LogP contribution in [0.15, 0.2) is 47.7 Å². The molecule has 3 aliphatic rings. The predicted octanol–water partition coefficient (Wildman–Crippen LogP) is 3.46. The first-order chi connectivity index (χ1) is 18.3. The van der Waals surface area contributed by atoms with E-state index in [9.17, 15) is 4.79 Å². The molecule has 0 atom stereocenters. The standard InChI is InChI=1S/C29H33N7O2/c1-19-9-22-24(34(4)28(19)37)10-21(35-6-5-29(16-35)17-38-18-29)11-25(22)36-8-7-32(2)26-12-23(30-14-27(26)36)20-13-31-33(3)15-20/h9-15H,5-8,16-18H2,1-4H3. The molecule has 0 bridgehead atoms. The van der Waals surface area contributed by atoms with Gasteiger partial charge in [0.25, 0.3) is 5.56 Å². The maximum absolute atomic E-state index is 13.0. The maximum atomic E-state index is 13.0. The smallest absolute Gasteiger partial charge is 0.253 e. The van der Waals surface area contributed by atoms with Gasteiger partial charge in [-0.25, -0.2) is 0 Å². The molecule has 0 N–H and O–H groups in total. The number of rotatable bonds is 3. The Morgan fingerprint density at radius 2 is 1.79 bits per heavy atom. The molecule has 4 aromatic rings. The van der Waals surface area contributed by atoms with Gasteiger partial charge in [0.2, 0.25) is 0 Å². The van der Waals surface area contributed by atoms with Gasteiger partial charge in [-0.1, -0.05) is 0 Å². The second-order valence-corrected chi connectivity index (χ2v) is 11.3. The first-order valence-electron chi connectivity index (χ1n) is 13.3. The number of likely N-dealkylation sites (N-methyl/N-ethyl adjacent to an activating group) is 1. The Morgan fingerprint density at radius 3 is 2.50 bits per heavy atom. The number of pyridine rings is 2. The van der Waals surface area contributed by atoms with Crippen LogP contribution in [0.5, 0.6) is 0 Å². The van der Waals surface area contributed by atoms with Crippen molar-refractivity contribution in [3.05, 3.63) is 58.8 Å². The minimum absolute atomic E-state index is 0.0486. The van der Waals surface area contributed by atoms with Gasteiger partial charge in [-0.05, 0) is 37.6 Å². The fraction of sp³-hybridized carbons (Fsp3) is 0.414. The highest BCUT2D eigenvalue weighted by atomic mass is 16.5. The van der Waals surface area contributed by atoms with Gasteiger partial charge in [0, 0.05) is 81.1 Å². The highest BCUT2D eigenvalue weighted by molar-refractivity contribution is 5.99. The average Bonchev–Trinajstić information content (AvgIpc) is 3.55. The molecule has 3 aromatic heterocycles. The van der Waals surface area contributed by atoms with E-state index in [4.69, 9.17) is 9.72 Å². The van der Waals surface area contributed by atoms with E-state index in [0.29, 0.717) is 0 Å². The van der Waals surface area contributed by atoms with E-state index in [2.05, 4.69) is 51.1 Å². The van der Waals surface area contributed by atoms with Crippen LogP contribution in [-0.4, -0.2) is 65.8 Å². The number of aromatic nitrogens is 4. The molecule has 196 valence electrons. The van der Waals surface area contributed by atoms with Crippen molar-refractivity contribution < 1.29 is 4.74 Å². The quantitative estimate of drug-likeness (QED) is 0.417. The summed E-state index contributed by atoms with van der Waals surface area (Å²) >= 11 is 0. The summed E-state index contributed by atoms with van der Waals surface area (Å²) in [6, 6.07) is 8.72. The van der Waals surface area contributed by atoms with Crippen LogP contribution in [-0.2, 0) is 18.8 Å². The van der Waals surface area contributed by atoms with E-state index < -0.39 is 0 Å². The first-order valence-corrected chi connectivity index (χ1v) is 13.3. The number of ether oxygens (including phenoxy) is 1. The number of fused-ring (bicyclic) bond motifs is 2. The third-order valence-corrected chi connectivity index (χ3v) is 8.62. The van der Waals surface area contributed by atoms with Crippen molar-refractivity contribution in [1.29, 1.82) is 0 Å². The van der Waals surface area contributed by atoms with Crippen LogP contribution in [0.25, 0.3) is 22.2 Å². The first kappa shape index (κ1) is 23.3. The number of benzene rings is 1. The molecular weight excluding hydrogens is 478 g/mol. The van der Waals surface area contributed by atoms with E-state index in [1.165, 1.54) is 0 Å². The monoisotopic (exact) mass is 511 g/mol. The third-order valence-electron chi connectivity index (χ3n) is 8.62. The molecule has 0 saturated carbocycles. The Bertz CT molecular complexity index is 1630. The summed E-state index contributed by atoms with van der Waals surface area (Å²) in [4.78, 5) is 25.0. The van der Waals surface area contributed by atoms with E-state index in [-0.39, 0.29) is 11.0 Å². The van der Waals surface area contributed by atoms with E-state index in [0.717, 1.165) is 96.3 Å². The lowest BCUT2D eigenvalue weighted by Crippen LogP contribution is -2.44. The molecule has 9 nitrogen and oxygen atoms in total. The van der Waals surface area contributed by atoms with Crippen LogP contribution in [0.3, 0.4) is 0 Å². The minimum atomic E-state index is 0.0486. The second-order valence-electron chi connectivity index (χ2n) is 11.3. The molecular formula is C29H33N7O2. The molecule has 1 spiro atoms. The molecule has 6 heterocycles. The molecule has 2 fully saturated rings. The Balaban J connectivity index is 1.39. The molecule has 0 aliphatic carbocycles. The van der Waals surface area contributed by atoms with Crippen molar-refractivity contribution in [2.75, 3.05) is 61.1 Å². The van der Waals surface area contributed by atoms with Crippen LogP contribution < -0.4 is 20.3 Å². The maximum Gasteiger partial charge on any atom is 0.253 e. The van der Waals surface area contributed by atoms with E-state index in [1.54, 1.807) is 9.25 Å². The topological polar surface area (TPSA) is 71.7 Å². The molecule has 0 radical (unpaired) electrons. The molecule has 7 rings (SSSR count). The number of anilines is 4. The van der Waals surface area contributed by atoms with Crippen molar-refractivity contribution >= 4 is 33.7 Å². The largest absolute Gasteiger partial charge is 0.380 e. The molecule has 38 heavy (non-hydrogen) atoms. The van der Waals surface area contributed by atoms with Gasteiger partial charge in [0.15, 0.2) is 0 Å². The van der Waals surface area contributed by atoms with Gasteiger partial charge in [-0.3, -0.25) is 14.5 Å². The zero-order valence-corrected chi connectivity index (χ0v) is 22.4. The van der Waals surface area contributed by atoms with Gasteiger partial charge in [-0.15, -0.1) is 0 Å². The van der Waals surface area contributed by atoms with Crippen molar-refractivity contribution in [2.24, 2.45) is 19.5 Å². The van der Waals surface area contributed by atoms with Crippen LogP contribution in [0.1, 0.15) is 12.0 Å². The van der Waals surface area contributed by atoms with Gasteiger partial charge < -0.3 is 24.0 Å². The molecule has 0 amide bonds. The third kappa shape index (κ3) is 3.52. The Kier molecular flexibility index (Phi) is 5.10. The number of aryl methyl sites for hydroxylation is 3. The highest BCUT2D eigenvalue weighted by Crippen LogP contribution is 2.45. The lowest BCUT2D eigenvalue weighted by atomic mass is 9.85. The van der Waals surface area contributed by atoms with Gasteiger partial charge in [0.05, 0.1) is 53.9 Å². The summed E-state index contributed by atoms with van der Waals surface area (Å²) in [7, 11) is 5.94. The number of nitrogens with zero attached hydrogens (tertiary/aromatic N) is 7. The predicted molar refractivity (Wildman–Crippen MR) is 151 cm³/mol. The SMILES string of the molecule is Cc1cc2c(N3CCN(C)c4cc(-c5cnn(C)c5)ncc43)cc(N3CCC4(COC4)C3)cc2n(C)c1=O. The lowest BCUT2D eigenvalue weighted by Gasteiger charge is -2.39. The summed E-state index contributed by atoms with van der Waals surface area (Å²) < 4.78 is 9.18. The number of hydrogen-bond donors (Lipinski definition) is 0. The highest BCUT2D eigenvalue weighted by Gasteiger charge is 2.44. The molecule has 1 aromatic carbocycles. The van der Waals surface area contributed by atoms with E-state index >= 15 is 0 Å². The van der Waals surface area contributed by atoms with Gasteiger partial charge in [0.1, 0.15) is 0 Å². The van der Waals surface area contributed by atoms with Crippen molar-refractivity contribution in [3.8, 4) is 11.3 Å². The van der Waals surface area contributed by atoms with E-state index in [1.807, 2.05) is 39.6 Å². The summed E-state index contributed by atoms with van der Waals surface area (Å²) in [5.41, 5.74) is 8.43. The van der Waals surface area contributed by atoms with Crippen LogP contribution in [0, 0.1) is 12.3 Å². The summed E-state index contributed by atoms with van der Waals surface area (Å²) in [6.07, 6.45) is 6.97. The second kappa shape index (κ2) is 8.33. The van der Waals surface area contributed by atoms with Crippen molar-refractivity contribution in [3.63, 3.8) is 0 Å². The van der Waals surface area contributed by atoms with Gasteiger partial charge in [-0.2, -0.15) is 5.10 Å². The fourth-order valence-electron chi connectivity index (χ4n) is 6.28. The van der Waals surface area contributed by atoms with Gasteiger partial charge >= 0.3 is 0 Å². The molecule has 2 saturated heterocycles. The molecule has 9 heteroatoms. The lowest BCUT2D eigenvalue weighted by molar-refractivity contribution is -0.0985. The van der Waals surface area contributed by atoms with Crippen LogP contribution in [0.2, 0.25) is 0 Å².